The van der Waals surface area contributed by atoms with Gasteiger partial charge in [0.25, 0.3) is 0 Å². The molecule has 0 aliphatic heterocycles. The van der Waals surface area contributed by atoms with Gasteiger partial charge in [-0.3, -0.25) is 10.6 Å². The third-order valence-electron chi connectivity index (χ3n) is 3.69. The number of aromatic nitrogens is 2. The van der Waals surface area contributed by atoms with Crippen molar-refractivity contribution in [2.75, 3.05) is 10.6 Å². The number of urea groups is 1. The van der Waals surface area contributed by atoms with E-state index in [4.69, 9.17) is 23.2 Å². The molecule has 0 saturated carbocycles. The summed E-state index contributed by atoms with van der Waals surface area (Å²) < 4.78 is 0. The molecule has 2 amide bonds. The summed E-state index contributed by atoms with van der Waals surface area (Å²) in [7, 11) is 0. The van der Waals surface area contributed by atoms with Crippen molar-refractivity contribution in [2.45, 2.75) is 0 Å². The lowest BCUT2D eigenvalue weighted by Gasteiger charge is -2.02. The maximum Gasteiger partial charge on any atom is 0.327 e. The fourth-order valence-electron chi connectivity index (χ4n) is 2.45. The molecule has 2 aromatic carbocycles. The monoisotopic (exact) mass is 446 g/mol. The van der Waals surface area contributed by atoms with Gasteiger partial charge in [0.1, 0.15) is 0 Å². The standard InChI is InChI=1S/C19H12Cl2N4OS2/c20-13-5-1-3-11(7-13)15-9-27-18(22-15)24-17(26)25-19-23-16(10-28-19)12-4-2-6-14(21)8-12/h1-10H,(H2,22,23,24,25,26). The van der Waals surface area contributed by atoms with E-state index in [1.807, 2.05) is 47.2 Å². The number of carbonyl (C=O) groups is 1. The maximum absolute atomic E-state index is 12.3. The number of nitrogens with zero attached hydrogens (tertiary/aromatic N) is 2. The Kier molecular flexibility index (Phi) is 5.59. The van der Waals surface area contributed by atoms with Crippen molar-refractivity contribution in [1.82, 2.24) is 9.97 Å². The fraction of sp³-hybridized carbons (Fsp3) is 0. The highest BCUT2D eigenvalue weighted by molar-refractivity contribution is 7.14. The first kappa shape index (κ1) is 18.9. The lowest BCUT2D eigenvalue weighted by Crippen LogP contribution is -2.19. The van der Waals surface area contributed by atoms with E-state index in [9.17, 15) is 4.79 Å². The maximum atomic E-state index is 12.3. The molecule has 5 nitrogen and oxygen atoms in total. The molecule has 0 fully saturated rings. The fourth-order valence-corrected chi connectivity index (χ4v) is 4.26. The summed E-state index contributed by atoms with van der Waals surface area (Å²) in [6, 6.07) is 14.4. The van der Waals surface area contributed by atoms with E-state index in [2.05, 4.69) is 20.6 Å². The van der Waals surface area contributed by atoms with E-state index in [0.29, 0.717) is 20.3 Å². The number of halogens is 2. The van der Waals surface area contributed by atoms with Crippen molar-refractivity contribution in [3.8, 4) is 22.5 Å². The summed E-state index contributed by atoms with van der Waals surface area (Å²) in [5, 5.41) is 11.4. The Morgan fingerprint density at radius 2 is 1.25 bits per heavy atom. The molecule has 0 unspecified atom stereocenters. The Morgan fingerprint density at radius 1 is 0.786 bits per heavy atom. The van der Waals surface area contributed by atoms with Gasteiger partial charge in [0.05, 0.1) is 11.4 Å². The quantitative estimate of drug-likeness (QED) is 0.358. The van der Waals surface area contributed by atoms with Crippen molar-refractivity contribution < 1.29 is 4.79 Å². The molecule has 9 heteroatoms. The first-order valence-corrected chi connectivity index (χ1v) is 10.6. The third-order valence-corrected chi connectivity index (χ3v) is 5.68. The van der Waals surface area contributed by atoms with E-state index < -0.39 is 6.03 Å². The van der Waals surface area contributed by atoms with Crippen LogP contribution in [0.2, 0.25) is 10.0 Å². The Labute approximate surface area is 179 Å². The van der Waals surface area contributed by atoms with Crippen molar-refractivity contribution in [2.24, 2.45) is 0 Å². The number of carbonyl (C=O) groups excluding carboxylic acids is 1. The summed E-state index contributed by atoms with van der Waals surface area (Å²) in [6.45, 7) is 0. The molecule has 0 aliphatic rings. The van der Waals surface area contributed by atoms with Crippen molar-refractivity contribution in [3.63, 3.8) is 0 Å². The Hall–Kier alpha value is -2.45. The van der Waals surface area contributed by atoms with Gasteiger partial charge in [0.2, 0.25) is 0 Å². The second-order valence-electron chi connectivity index (χ2n) is 5.68. The van der Waals surface area contributed by atoms with Gasteiger partial charge < -0.3 is 0 Å². The van der Waals surface area contributed by atoms with Gasteiger partial charge >= 0.3 is 6.03 Å². The van der Waals surface area contributed by atoms with E-state index in [1.165, 1.54) is 22.7 Å². The molecule has 0 atom stereocenters. The number of rotatable bonds is 4. The number of anilines is 2. The van der Waals surface area contributed by atoms with Crippen molar-refractivity contribution >= 4 is 62.2 Å². The van der Waals surface area contributed by atoms with E-state index in [1.54, 1.807) is 12.1 Å². The van der Waals surface area contributed by atoms with Gasteiger partial charge in [-0.2, -0.15) is 0 Å². The van der Waals surface area contributed by atoms with Gasteiger partial charge in [-0.05, 0) is 24.3 Å². The van der Waals surface area contributed by atoms with Crippen LogP contribution in [-0.2, 0) is 0 Å². The predicted octanol–water partition coefficient (Wildman–Crippen LogP) is 6.88. The minimum absolute atomic E-state index is 0.404. The second kappa shape index (κ2) is 8.28. The lowest BCUT2D eigenvalue weighted by atomic mass is 10.2. The molecule has 0 aliphatic carbocycles. The first-order chi connectivity index (χ1) is 13.6. The smallest absolute Gasteiger partial charge is 0.283 e. The van der Waals surface area contributed by atoms with Crippen LogP contribution in [0.15, 0.2) is 59.3 Å². The van der Waals surface area contributed by atoms with Gasteiger partial charge in [-0.15, -0.1) is 22.7 Å². The van der Waals surface area contributed by atoms with Gasteiger partial charge in [0.15, 0.2) is 10.3 Å². The van der Waals surface area contributed by atoms with Crippen LogP contribution in [0.25, 0.3) is 22.5 Å². The first-order valence-electron chi connectivity index (χ1n) is 8.08. The highest BCUT2D eigenvalue weighted by Crippen LogP contribution is 2.28. The van der Waals surface area contributed by atoms with Crippen LogP contribution in [-0.4, -0.2) is 16.0 Å². The zero-order valence-corrected chi connectivity index (χ0v) is 17.3. The van der Waals surface area contributed by atoms with Gasteiger partial charge in [0, 0.05) is 31.9 Å². The average Bonchev–Trinajstić information content (AvgIpc) is 3.31. The zero-order chi connectivity index (χ0) is 19.5. The number of thiazole rings is 2. The molecule has 0 spiro atoms. The van der Waals surface area contributed by atoms with Crippen LogP contribution in [0.5, 0.6) is 0 Å². The number of hydrogen-bond acceptors (Lipinski definition) is 5. The molecule has 4 aromatic rings. The molecule has 2 aromatic heterocycles. The molecule has 0 radical (unpaired) electrons. The van der Waals surface area contributed by atoms with Crippen LogP contribution in [0.1, 0.15) is 0 Å². The Morgan fingerprint density at radius 3 is 1.68 bits per heavy atom. The Balaban J connectivity index is 1.41. The largest absolute Gasteiger partial charge is 0.327 e. The molecular weight excluding hydrogens is 435 g/mol. The SMILES string of the molecule is O=C(Nc1nc(-c2cccc(Cl)c2)cs1)Nc1nc(-c2cccc(Cl)c2)cs1. The van der Waals surface area contributed by atoms with E-state index in [0.717, 1.165) is 22.5 Å². The van der Waals surface area contributed by atoms with Crippen molar-refractivity contribution in [3.05, 3.63) is 69.3 Å². The summed E-state index contributed by atoms with van der Waals surface area (Å²) in [5.74, 6) is 0. The summed E-state index contributed by atoms with van der Waals surface area (Å²) in [5.41, 5.74) is 3.28. The molecule has 140 valence electrons. The van der Waals surface area contributed by atoms with Crippen LogP contribution in [0.3, 0.4) is 0 Å². The van der Waals surface area contributed by atoms with Crippen LogP contribution >= 0.6 is 45.9 Å². The summed E-state index contributed by atoms with van der Waals surface area (Å²) >= 11 is 14.7. The molecule has 2 N–H and O–H groups in total. The van der Waals surface area contributed by atoms with Crippen LogP contribution in [0.4, 0.5) is 15.1 Å². The summed E-state index contributed by atoms with van der Waals surface area (Å²) in [6.07, 6.45) is 0. The van der Waals surface area contributed by atoms with Crippen LogP contribution < -0.4 is 10.6 Å². The number of amides is 2. The van der Waals surface area contributed by atoms with E-state index >= 15 is 0 Å². The molecule has 0 bridgehead atoms. The van der Waals surface area contributed by atoms with Crippen molar-refractivity contribution in [1.29, 1.82) is 0 Å². The molecule has 4 rings (SSSR count). The van der Waals surface area contributed by atoms with Gasteiger partial charge in [-0.1, -0.05) is 47.5 Å². The molecule has 28 heavy (non-hydrogen) atoms. The van der Waals surface area contributed by atoms with E-state index in [-0.39, 0.29) is 0 Å². The zero-order valence-electron chi connectivity index (χ0n) is 14.1. The molecular formula is C19H12Cl2N4OS2. The molecule has 0 saturated heterocycles. The number of benzene rings is 2. The third kappa shape index (κ3) is 4.51. The van der Waals surface area contributed by atoms with Gasteiger partial charge in [-0.25, -0.2) is 14.8 Å². The minimum Gasteiger partial charge on any atom is -0.283 e. The minimum atomic E-state index is -0.404. The normalized spacial score (nSPS) is 10.6. The summed E-state index contributed by atoms with van der Waals surface area (Å²) in [4.78, 5) is 21.1. The Bertz CT molecular complexity index is 1050. The highest BCUT2D eigenvalue weighted by Gasteiger charge is 2.11. The number of nitrogens with one attached hydrogen (secondary N) is 2. The average molecular weight is 447 g/mol. The predicted molar refractivity (Wildman–Crippen MR) is 118 cm³/mol. The number of hydrogen-bond donors (Lipinski definition) is 2. The van der Waals surface area contributed by atoms with Crippen LogP contribution in [0, 0.1) is 0 Å². The second-order valence-corrected chi connectivity index (χ2v) is 8.26. The lowest BCUT2D eigenvalue weighted by molar-refractivity contribution is 0.262. The topological polar surface area (TPSA) is 66.9 Å². The molecule has 2 heterocycles. The highest BCUT2D eigenvalue weighted by atomic mass is 35.5.